The van der Waals surface area contributed by atoms with E-state index in [9.17, 15) is 4.79 Å². The molecule has 0 N–H and O–H groups in total. The molecule has 0 aliphatic carbocycles. The van der Waals surface area contributed by atoms with Crippen molar-refractivity contribution in [1.29, 1.82) is 0 Å². The number of aryl methyl sites for hydroxylation is 1. The van der Waals surface area contributed by atoms with E-state index in [1.165, 1.54) is 7.11 Å². The molecule has 5 nitrogen and oxygen atoms in total. The van der Waals surface area contributed by atoms with Crippen molar-refractivity contribution in [3.05, 3.63) is 36.2 Å². The lowest BCUT2D eigenvalue weighted by Gasteiger charge is -2.19. The summed E-state index contributed by atoms with van der Waals surface area (Å²) in [4.78, 5) is 16.3. The van der Waals surface area contributed by atoms with Crippen LogP contribution in [0.2, 0.25) is 0 Å². The van der Waals surface area contributed by atoms with Gasteiger partial charge in [-0.25, -0.2) is 9.67 Å². The maximum atomic E-state index is 11.8. The third-order valence-corrected chi connectivity index (χ3v) is 3.39. The minimum absolute atomic E-state index is 0.229. The molecule has 1 aliphatic heterocycles. The van der Waals surface area contributed by atoms with Gasteiger partial charge in [0.2, 0.25) is 0 Å². The van der Waals surface area contributed by atoms with E-state index >= 15 is 0 Å². The number of nitrogens with zero attached hydrogens (tertiary/aromatic N) is 3. The van der Waals surface area contributed by atoms with Crippen molar-refractivity contribution in [2.75, 3.05) is 7.11 Å². The summed E-state index contributed by atoms with van der Waals surface area (Å²) in [6.45, 7) is 0.808. The Morgan fingerprint density at radius 1 is 1.37 bits per heavy atom. The van der Waals surface area contributed by atoms with Crippen LogP contribution >= 0.6 is 0 Å². The standard InChI is InChI=1S/C14H15N3O2/c1-19-14(18)11-8-5-9-17-13(11)15-12(16-17)10-6-3-2-4-7-10/h2-4,6-7,11H,5,8-9H2,1H3. The number of carbonyl (C=O) groups is 1. The second-order valence-electron chi connectivity index (χ2n) is 4.60. The number of aromatic nitrogens is 3. The first-order valence-corrected chi connectivity index (χ1v) is 6.37. The van der Waals surface area contributed by atoms with Gasteiger partial charge >= 0.3 is 5.97 Å². The third kappa shape index (κ3) is 2.12. The smallest absolute Gasteiger partial charge is 0.316 e. The highest BCUT2D eigenvalue weighted by Gasteiger charge is 2.30. The van der Waals surface area contributed by atoms with Crippen LogP contribution in [0, 0.1) is 0 Å². The zero-order valence-electron chi connectivity index (χ0n) is 10.7. The molecule has 1 aromatic heterocycles. The van der Waals surface area contributed by atoms with Gasteiger partial charge in [-0.3, -0.25) is 4.79 Å². The van der Waals surface area contributed by atoms with Gasteiger partial charge in [0, 0.05) is 12.1 Å². The van der Waals surface area contributed by atoms with Crippen LogP contribution in [0.4, 0.5) is 0 Å². The van der Waals surface area contributed by atoms with E-state index in [1.807, 2.05) is 35.0 Å². The number of ether oxygens (including phenoxy) is 1. The van der Waals surface area contributed by atoms with Gasteiger partial charge in [-0.15, -0.1) is 0 Å². The number of benzene rings is 1. The second kappa shape index (κ2) is 4.84. The summed E-state index contributed by atoms with van der Waals surface area (Å²) in [5.74, 6) is 0.875. The molecule has 5 heteroatoms. The fourth-order valence-corrected chi connectivity index (χ4v) is 2.43. The van der Waals surface area contributed by atoms with E-state index in [0.29, 0.717) is 5.82 Å². The lowest BCUT2D eigenvalue weighted by Crippen LogP contribution is -2.24. The average Bonchev–Trinajstić information content (AvgIpc) is 2.91. The Balaban J connectivity index is 2.00. The first-order valence-electron chi connectivity index (χ1n) is 6.37. The van der Waals surface area contributed by atoms with Gasteiger partial charge in [0.1, 0.15) is 11.7 Å². The van der Waals surface area contributed by atoms with Crippen molar-refractivity contribution in [2.24, 2.45) is 0 Å². The first-order chi connectivity index (χ1) is 9.29. The fraction of sp³-hybridized carbons (Fsp3) is 0.357. The predicted molar refractivity (Wildman–Crippen MR) is 69.4 cm³/mol. The molecule has 2 aromatic rings. The summed E-state index contributed by atoms with van der Waals surface area (Å²) in [5, 5.41) is 4.49. The zero-order chi connectivity index (χ0) is 13.2. The number of hydrogen-bond donors (Lipinski definition) is 0. The van der Waals surface area contributed by atoms with E-state index in [4.69, 9.17) is 4.74 Å². The molecule has 0 saturated heterocycles. The lowest BCUT2D eigenvalue weighted by molar-refractivity contribution is -0.143. The highest BCUT2D eigenvalue weighted by atomic mass is 16.5. The molecular formula is C14H15N3O2. The van der Waals surface area contributed by atoms with Crippen LogP contribution in [-0.2, 0) is 16.1 Å². The van der Waals surface area contributed by atoms with Crippen molar-refractivity contribution in [2.45, 2.75) is 25.3 Å². The summed E-state index contributed by atoms with van der Waals surface area (Å²) in [6.07, 6.45) is 1.70. The van der Waals surface area contributed by atoms with Gasteiger partial charge in [-0.2, -0.15) is 5.10 Å². The van der Waals surface area contributed by atoms with Crippen molar-refractivity contribution < 1.29 is 9.53 Å². The highest BCUT2D eigenvalue weighted by molar-refractivity contribution is 5.77. The Kier molecular flexibility index (Phi) is 3.03. The molecule has 0 fully saturated rings. The van der Waals surface area contributed by atoms with Crippen molar-refractivity contribution in [3.8, 4) is 11.4 Å². The number of fused-ring (bicyclic) bond motifs is 1. The normalized spacial score (nSPS) is 17.8. The lowest BCUT2D eigenvalue weighted by atomic mass is 9.99. The summed E-state index contributed by atoms with van der Waals surface area (Å²) in [7, 11) is 1.41. The van der Waals surface area contributed by atoms with Gasteiger partial charge in [0.25, 0.3) is 0 Å². The molecule has 0 radical (unpaired) electrons. The molecule has 1 aliphatic rings. The Morgan fingerprint density at radius 2 is 2.16 bits per heavy atom. The van der Waals surface area contributed by atoms with Crippen LogP contribution in [0.1, 0.15) is 24.6 Å². The summed E-state index contributed by atoms with van der Waals surface area (Å²) >= 11 is 0. The van der Waals surface area contributed by atoms with Crippen LogP contribution in [0.25, 0.3) is 11.4 Å². The molecule has 19 heavy (non-hydrogen) atoms. The minimum atomic E-state index is -0.288. The maximum absolute atomic E-state index is 11.8. The van der Waals surface area contributed by atoms with Gasteiger partial charge in [-0.1, -0.05) is 30.3 Å². The van der Waals surface area contributed by atoms with E-state index in [1.54, 1.807) is 0 Å². The van der Waals surface area contributed by atoms with E-state index < -0.39 is 0 Å². The van der Waals surface area contributed by atoms with Crippen LogP contribution in [0.3, 0.4) is 0 Å². The number of esters is 1. The minimum Gasteiger partial charge on any atom is -0.468 e. The molecular weight excluding hydrogens is 242 g/mol. The topological polar surface area (TPSA) is 57.0 Å². The van der Waals surface area contributed by atoms with E-state index in [2.05, 4.69) is 10.1 Å². The largest absolute Gasteiger partial charge is 0.468 e. The average molecular weight is 257 g/mol. The SMILES string of the molecule is COC(=O)C1CCCn2nc(-c3ccccc3)nc21. The molecule has 98 valence electrons. The molecule has 1 unspecified atom stereocenters. The number of carbonyl (C=O) groups excluding carboxylic acids is 1. The van der Waals surface area contributed by atoms with Crippen LogP contribution in [0.15, 0.2) is 30.3 Å². The van der Waals surface area contributed by atoms with Gasteiger partial charge in [0.05, 0.1) is 7.11 Å². The zero-order valence-corrected chi connectivity index (χ0v) is 10.7. The third-order valence-electron chi connectivity index (χ3n) is 3.39. The molecule has 1 atom stereocenters. The van der Waals surface area contributed by atoms with Crippen LogP contribution in [-0.4, -0.2) is 27.8 Å². The van der Waals surface area contributed by atoms with Crippen molar-refractivity contribution in [3.63, 3.8) is 0 Å². The Morgan fingerprint density at radius 3 is 2.89 bits per heavy atom. The van der Waals surface area contributed by atoms with Crippen molar-refractivity contribution in [1.82, 2.24) is 14.8 Å². The summed E-state index contributed by atoms with van der Waals surface area (Å²) in [5.41, 5.74) is 0.966. The monoisotopic (exact) mass is 257 g/mol. The fourth-order valence-electron chi connectivity index (χ4n) is 2.43. The number of rotatable bonds is 2. The highest BCUT2D eigenvalue weighted by Crippen LogP contribution is 2.28. The molecule has 3 rings (SSSR count). The summed E-state index contributed by atoms with van der Waals surface area (Å²) in [6, 6.07) is 9.79. The van der Waals surface area contributed by atoms with Gasteiger partial charge in [0.15, 0.2) is 5.82 Å². The Bertz CT molecular complexity index is 592. The van der Waals surface area contributed by atoms with Crippen molar-refractivity contribution >= 4 is 5.97 Å². The van der Waals surface area contributed by atoms with Gasteiger partial charge < -0.3 is 4.74 Å². The number of methoxy groups -OCH3 is 1. The molecule has 0 spiro atoms. The van der Waals surface area contributed by atoms with Crippen LogP contribution in [0.5, 0.6) is 0 Å². The molecule has 2 heterocycles. The molecule has 0 bridgehead atoms. The molecule has 0 saturated carbocycles. The van der Waals surface area contributed by atoms with E-state index in [-0.39, 0.29) is 11.9 Å². The molecule has 1 aromatic carbocycles. The second-order valence-corrected chi connectivity index (χ2v) is 4.60. The molecule has 0 amide bonds. The maximum Gasteiger partial charge on any atom is 0.316 e. The number of hydrogen-bond acceptors (Lipinski definition) is 4. The summed E-state index contributed by atoms with van der Waals surface area (Å²) < 4.78 is 6.67. The first kappa shape index (κ1) is 11.9. The predicted octanol–water partition coefficient (Wildman–Crippen LogP) is 2.00. The van der Waals surface area contributed by atoms with Crippen LogP contribution < -0.4 is 0 Å². The quantitative estimate of drug-likeness (QED) is 0.772. The Hall–Kier alpha value is -2.17. The van der Waals surface area contributed by atoms with Gasteiger partial charge in [-0.05, 0) is 12.8 Å². The van der Waals surface area contributed by atoms with E-state index in [0.717, 1.165) is 30.8 Å². The Labute approximate surface area is 111 Å².